The Kier molecular flexibility index (Phi) is 5.02. The molecular formula is C17H15Cl2N3O2. The lowest BCUT2D eigenvalue weighted by molar-refractivity contribution is -0.125. The summed E-state index contributed by atoms with van der Waals surface area (Å²) in [5, 5.41) is 6.48. The summed E-state index contributed by atoms with van der Waals surface area (Å²) in [4.78, 5) is 28.2. The van der Waals surface area contributed by atoms with Crippen molar-refractivity contribution in [2.75, 3.05) is 5.32 Å². The SMILES string of the molecule is O=C(NCc1ccncc1)C1CC1C(=O)Nc1cc(Cl)cc(Cl)c1. The van der Waals surface area contributed by atoms with Gasteiger partial charge >= 0.3 is 0 Å². The number of halogens is 2. The van der Waals surface area contributed by atoms with Crippen LogP contribution in [0.5, 0.6) is 0 Å². The van der Waals surface area contributed by atoms with Gasteiger partial charge in [-0.05, 0) is 42.3 Å². The van der Waals surface area contributed by atoms with Gasteiger partial charge in [-0.3, -0.25) is 14.6 Å². The second kappa shape index (κ2) is 7.20. The van der Waals surface area contributed by atoms with Gasteiger partial charge in [0.05, 0.1) is 11.8 Å². The minimum absolute atomic E-state index is 0.115. The van der Waals surface area contributed by atoms with Crippen LogP contribution in [0.2, 0.25) is 10.0 Å². The molecule has 2 N–H and O–H groups in total. The highest BCUT2D eigenvalue weighted by Gasteiger charge is 2.47. The highest BCUT2D eigenvalue weighted by molar-refractivity contribution is 6.35. The predicted octanol–water partition coefficient (Wildman–Crippen LogP) is 3.28. The van der Waals surface area contributed by atoms with Crippen LogP contribution in [0.3, 0.4) is 0 Å². The Bertz CT molecular complexity index is 747. The third-order valence-electron chi connectivity index (χ3n) is 3.81. The first-order chi connectivity index (χ1) is 11.5. The molecule has 2 aromatic rings. The fraction of sp³-hybridized carbons (Fsp3) is 0.235. The van der Waals surface area contributed by atoms with E-state index < -0.39 is 0 Å². The van der Waals surface area contributed by atoms with E-state index in [0.717, 1.165) is 5.56 Å². The van der Waals surface area contributed by atoms with Crippen LogP contribution >= 0.6 is 23.2 Å². The van der Waals surface area contributed by atoms with E-state index in [4.69, 9.17) is 23.2 Å². The Hall–Kier alpha value is -2.11. The molecule has 0 spiro atoms. The summed E-state index contributed by atoms with van der Waals surface area (Å²) in [6.45, 7) is 0.427. The molecular weight excluding hydrogens is 349 g/mol. The summed E-state index contributed by atoms with van der Waals surface area (Å²) in [6.07, 6.45) is 3.89. The number of carbonyl (C=O) groups is 2. The van der Waals surface area contributed by atoms with Gasteiger partial charge in [0.1, 0.15) is 0 Å². The minimum Gasteiger partial charge on any atom is -0.352 e. The fourth-order valence-corrected chi connectivity index (χ4v) is 2.98. The number of pyridine rings is 1. The fourth-order valence-electron chi connectivity index (χ4n) is 2.46. The van der Waals surface area contributed by atoms with Crippen LogP contribution in [0.25, 0.3) is 0 Å². The van der Waals surface area contributed by atoms with E-state index in [0.29, 0.717) is 28.7 Å². The van der Waals surface area contributed by atoms with Crippen LogP contribution in [0.1, 0.15) is 12.0 Å². The molecule has 0 aliphatic heterocycles. The second-order valence-electron chi connectivity index (χ2n) is 5.67. The number of carbonyl (C=O) groups excluding carboxylic acids is 2. The first kappa shape index (κ1) is 16.7. The normalized spacial score (nSPS) is 18.8. The van der Waals surface area contributed by atoms with Gasteiger partial charge < -0.3 is 10.6 Å². The number of amides is 2. The topological polar surface area (TPSA) is 71.1 Å². The smallest absolute Gasteiger partial charge is 0.228 e. The predicted molar refractivity (Wildman–Crippen MR) is 92.8 cm³/mol. The van der Waals surface area contributed by atoms with Gasteiger partial charge in [0, 0.05) is 34.7 Å². The molecule has 1 fully saturated rings. The molecule has 0 saturated heterocycles. The van der Waals surface area contributed by atoms with Gasteiger partial charge in [0.25, 0.3) is 0 Å². The summed E-state index contributed by atoms with van der Waals surface area (Å²) in [5.41, 5.74) is 1.49. The van der Waals surface area contributed by atoms with Crippen molar-refractivity contribution in [1.29, 1.82) is 0 Å². The third kappa shape index (κ3) is 4.24. The van der Waals surface area contributed by atoms with E-state index in [2.05, 4.69) is 15.6 Å². The van der Waals surface area contributed by atoms with Crippen molar-refractivity contribution in [1.82, 2.24) is 10.3 Å². The lowest BCUT2D eigenvalue weighted by Gasteiger charge is -2.07. The number of nitrogens with zero attached hydrogens (tertiary/aromatic N) is 1. The molecule has 0 radical (unpaired) electrons. The van der Waals surface area contributed by atoms with E-state index in [9.17, 15) is 9.59 Å². The lowest BCUT2D eigenvalue weighted by Crippen LogP contribution is -2.27. The molecule has 1 saturated carbocycles. The molecule has 24 heavy (non-hydrogen) atoms. The quantitative estimate of drug-likeness (QED) is 0.855. The van der Waals surface area contributed by atoms with Gasteiger partial charge in [0.15, 0.2) is 0 Å². The maximum atomic E-state index is 12.2. The van der Waals surface area contributed by atoms with Crippen LogP contribution in [-0.4, -0.2) is 16.8 Å². The molecule has 5 nitrogen and oxygen atoms in total. The highest BCUT2D eigenvalue weighted by atomic mass is 35.5. The van der Waals surface area contributed by atoms with Crippen molar-refractivity contribution in [3.05, 3.63) is 58.3 Å². The van der Waals surface area contributed by atoms with Gasteiger partial charge in [0.2, 0.25) is 11.8 Å². The maximum absolute atomic E-state index is 12.2. The average molecular weight is 364 g/mol. The van der Waals surface area contributed by atoms with E-state index in [1.807, 2.05) is 12.1 Å². The summed E-state index contributed by atoms with van der Waals surface area (Å²) in [5.74, 6) is -0.921. The molecule has 1 aliphatic rings. The maximum Gasteiger partial charge on any atom is 0.228 e. The Morgan fingerprint density at radius 2 is 1.67 bits per heavy atom. The molecule has 2 atom stereocenters. The third-order valence-corrected chi connectivity index (χ3v) is 4.25. The highest BCUT2D eigenvalue weighted by Crippen LogP contribution is 2.39. The molecule has 0 bridgehead atoms. The van der Waals surface area contributed by atoms with Crippen molar-refractivity contribution in [3.63, 3.8) is 0 Å². The first-order valence-electron chi connectivity index (χ1n) is 7.46. The Balaban J connectivity index is 1.50. The van der Waals surface area contributed by atoms with Crippen molar-refractivity contribution < 1.29 is 9.59 Å². The molecule has 3 rings (SSSR count). The minimum atomic E-state index is -0.319. The van der Waals surface area contributed by atoms with E-state index >= 15 is 0 Å². The van der Waals surface area contributed by atoms with E-state index in [1.165, 1.54) is 0 Å². The van der Waals surface area contributed by atoms with Crippen molar-refractivity contribution in [3.8, 4) is 0 Å². The summed E-state index contributed by atoms with van der Waals surface area (Å²) in [7, 11) is 0. The number of anilines is 1. The first-order valence-corrected chi connectivity index (χ1v) is 8.22. The zero-order chi connectivity index (χ0) is 17.1. The van der Waals surface area contributed by atoms with Gasteiger partial charge in [-0.15, -0.1) is 0 Å². The summed E-state index contributed by atoms with van der Waals surface area (Å²) in [6, 6.07) is 8.49. The van der Waals surface area contributed by atoms with Crippen molar-refractivity contribution in [2.24, 2.45) is 11.8 Å². The summed E-state index contributed by atoms with van der Waals surface area (Å²) < 4.78 is 0. The van der Waals surface area contributed by atoms with E-state index in [-0.39, 0.29) is 23.7 Å². The number of hydrogen-bond donors (Lipinski definition) is 2. The Morgan fingerprint density at radius 1 is 1.04 bits per heavy atom. The zero-order valence-electron chi connectivity index (χ0n) is 12.6. The van der Waals surface area contributed by atoms with Crippen LogP contribution < -0.4 is 10.6 Å². The summed E-state index contributed by atoms with van der Waals surface area (Å²) >= 11 is 11.8. The average Bonchev–Trinajstić information content (AvgIpc) is 3.33. The number of aromatic nitrogens is 1. The van der Waals surface area contributed by atoms with Gasteiger partial charge in [-0.25, -0.2) is 0 Å². The molecule has 1 heterocycles. The van der Waals surface area contributed by atoms with Gasteiger partial charge in [-0.1, -0.05) is 23.2 Å². The van der Waals surface area contributed by atoms with Crippen LogP contribution in [0.15, 0.2) is 42.7 Å². The monoisotopic (exact) mass is 363 g/mol. The molecule has 124 valence electrons. The molecule has 2 unspecified atom stereocenters. The van der Waals surface area contributed by atoms with Gasteiger partial charge in [-0.2, -0.15) is 0 Å². The molecule has 2 amide bonds. The Morgan fingerprint density at radius 3 is 2.33 bits per heavy atom. The van der Waals surface area contributed by atoms with Crippen molar-refractivity contribution in [2.45, 2.75) is 13.0 Å². The van der Waals surface area contributed by atoms with E-state index in [1.54, 1.807) is 30.6 Å². The number of rotatable bonds is 5. The second-order valence-corrected chi connectivity index (χ2v) is 6.54. The number of nitrogens with one attached hydrogen (secondary N) is 2. The van der Waals surface area contributed by atoms with Crippen LogP contribution in [0.4, 0.5) is 5.69 Å². The largest absolute Gasteiger partial charge is 0.352 e. The Labute approximate surface area is 149 Å². The number of benzene rings is 1. The molecule has 1 aromatic heterocycles. The van der Waals surface area contributed by atoms with Crippen LogP contribution in [-0.2, 0) is 16.1 Å². The molecule has 7 heteroatoms. The lowest BCUT2D eigenvalue weighted by atomic mass is 10.2. The van der Waals surface area contributed by atoms with Crippen LogP contribution in [0, 0.1) is 11.8 Å². The number of hydrogen-bond acceptors (Lipinski definition) is 3. The molecule has 1 aromatic carbocycles. The zero-order valence-corrected chi connectivity index (χ0v) is 14.1. The standard InChI is InChI=1S/C17H15Cl2N3O2/c18-11-5-12(19)7-13(6-11)22-17(24)15-8-14(15)16(23)21-9-10-1-3-20-4-2-10/h1-7,14-15H,8-9H2,(H,21,23)(H,22,24). The molecule has 1 aliphatic carbocycles. The van der Waals surface area contributed by atoms with Crippen molar-refractivity contribution >= 4 is 40.7 Å².